The second-order valence-electron chi connectivity index (χ2n) is 4.39. The van der Waals surface area contributed by atoms with Gasteiger partial charge in [0.2, 0.25) is 0 Å². The van der Waals surface area contributed by atoms with Crippen LogP contribution in [0.25, 0.3) is 0 Å². The Morgan fingerprint density at radius 1 is 1.56 bits per heavy atom. The molecule has 1 aromatic heterocycles. The molecular formula is C12H23N3O. The van der Waals surface area contributed by atoms with Crippen molar-refractivity contribution in [2.24, 2.45) is 12.8 Å². The van der Waals surface area contributed by atoms with Gasteiger partial charge in [-0.1, -0.05) is 6.92 Å². The van der Waals surface area contributed by atoms with Gasteiger partial charge in [0.15, 0.2) is 0 Å². The van der Waals surface area contributed by atoms with Crippen LogP contribution in [0.5, 0.6) is 0 Å². The van der Waals surface area contributed by atoms with Crippen molar-refractivity contribution in [3.05, 3.63) is 18.0 Å². The van der Waals surface area contributed by atoms with Crippen LogP contribution in [-0.2, 0) is 18.2 Å². The minimum Gasteiger partial charge on any atom is -0.374 e. The molecular weight excluding hydrogens is 202 g/mol. The zero-order valence-corrected chi connectivity index (χ0v) is 10.7. The molecule has 0 spiro atoms. The average molecular weight is 225 g/mol. The summed E-state index contributed by atoms with van der Waals surface area (Å²) in [5, 5.41) is 4.34. The molecule has 0 fully saturated rings. The molecule has 16 heavy (non-hydrogen) atoms. The molecule has 92 valence electrons. The van der Waals surface area contributed by atoms with Crippen LogP contribution in [0.2, 0.25) is 0 Å². The van der Waals surface area contributed by atoms with Gasteiger partial charge in [-0.05, 0) is 26.3 Å². The van der Waals surface area contributed by atoms with Crippen molar-refractivity contribution < 1.29 is 4.74 Å². The summed E-state index contributed by atoms with van der Waals surface area (Å²) in [5.41, 5.74) is 6.98. The summed E-state index contributed by atoms with van der Waals surface area (Å²) in [6, 6.07) is 1.98. The number of nitrogens with two attached hydrogens (primary N) is 1. The Hall–Kier alpha value is -0.870. The van der Waals surface area contributed by atoms with E-state index in [-0.39, 0.29) is 11.6 Å². The molecule has 2 atom stereocenters. The molecule has 0 bridgehead atoms. The Kier molecular flexibility index (Phi) is 4.50. The topological polar surface area (TPSA) is 53.1 Å². The molecule has 0 aliphatic rings. The molecule has 4 heteroatoms. The van der Waals surface area contributed by atoms with Gasteiger partial charge in [0, 0.05) is 32.3 Å². The summed E-state index contributed by atoms with van der Waals surface area (Å²) in [4.78, 5) is 0. The predicted octanol–water partition coefficient (Wildman–Crippen LogP) is 1.50. The number of hydrogen-bond donors (Lipinski definition) is 1. The number of aromatic nitrogens is 2. The number of nitrogens with zero attached hydrogens (tertiary/aromatic N) is 2. The van der Waals surface area contributed by atoms with Crippen molar-refractivity contribution in [3.8, 4) is 0 Å². The number of hydrogen-bond acceptors (Lipinski definition) is 3. The normalized spacial score (nSPS) is 17.1. The van der Waals surface area contributed by atoms with Crippen LogP contribution < -0.4 is 5.73 Å². The van der Waals surface area contributed by atoms with Crippen LogP contribution in [0.1, 0.15) is 32.9 Å². The molecule has 0 aliphatic carbocycles. The maximum atomic E-state index is 6.22. The zero-order chi connectivity index (χ0) is 12.2. The van der Waals surface area contributed by atoms with E-state index in [2.05, 4.69) is 18.9 Å². The van der Waals surface area contributed by atoms with Crippen molar-refractivity contribution in [1.82, 2.24) is 9.78 Å². The van der Waals surface area contributed by atoms with Crippen LogP contribution in [0.4, 0.5) is 0 Å². The predicted molar refractivity (Wildman–Crippen MR) is 65.2 cm³/mol. The first-order valence-electron chi connectivity index (χ1n) is 5.90. The van der Waals surface area contributed by atoms with Gasteiger partial charge in [0.1, 0.15) is 0 Å². The van der Waals surface area contributed by atoms with E-state index < -0.39 is 0 Å². The molecule has 0 saturated heterocycles. The first-order valence-corrected chi connectivity index (χ1v) is 5.90. The van der Waals surface area contributed by atoms with Gasteiger partial charge in [-0.3, -0.25) is 4.68 Å². The van der Waals surface area contributed by atoms with E-state index in [4.69, 9.17) is 10.5 Å². The Bertz CT molecular complexity index is 324. The molecule has 1 rings (SSSR count). The SMILES string of the molecule is CCOC(C)(CC)C(N)Cc1ccn(C)n1. The smallest absolute Gasteiger partial charge is 0.0805 e. The standard InChI is InChI=1S/C12H23N3O/c1-5-12(3,16-6-2)11(13)9-10-7-8-15(4)14-10/h7-8,11H,5-6,9,13H2,1-4H3. The first kappa shape index (κ1) is 13.2. The van der Waals surface area contributed by atoms with E-state index in [1.807, 2.05) is 26.2 Å². The van der Waals surface area contributed by atoms with E-state index in [0.29, 0.717) is 6.61 Å². The number of rotatable bonds is 6. The summed E-state index contributed by atoms with van der Waals surface area (Å²) in [6.07, 6.45) is 3.60. The number of aryl methyl sites for hydroxylation is 1. The van der Waals surface area contributed by atoms with Gasteiger partial charge < -0.3 is 10.5 Å². The molecule has 4 nitrogen and oxygen atoms in total. The van der Waals surface area contributed by atoms with E-state index in [1.165, 1.54) is 0 Å². The maximum Gasteiger partial charge on any atom is 0.0805 e. The second-order valence-corrected chi connectivity index (χ2v) is 4.39. The first-order chi connectivity index (χ1) is 7.51. The van der Waals surface area contributed by atoms with E-state index in [0.717, 1.165) is 18.5 Å². The highest BCUT2D eigenvalue weighted by Crippen LogP contribution is 2.21. The van der Waals surface area contributed by atoms with Crippen molar-refractivity contribution >= 4 is 0 Å². The van der Waals surface area contributed by atoms with Gasteiger partial charge >= 0.3 is 0 Å². The maximum absolute atomic E-state index is 6.22. The van der Waals surface area contributed by atoms with Gasteiger partial charge in [-0.2, -0.15) is 5.10 Å². The van der Waals surface area contributed by atoms with Crippen molar-refractivity contribution in [2.45, 2.75) is 45.3 Å². The van der Waals surface area contributed by atoms with Gasteiger partial charge in [0.05, 0.1) is 11.3 Å². The molecule has 1 heterocycles. The van der Waals surface area contributed by atoms with E-state index >= 15 is 0 Å². The molecule has 1 aromatic rings. The van der Waals surface area contributed by atoms with Crippen LogP contribution in [0.3, 0.4) is 0 Å². The Morgan fingerprint density at radius 2 is 2.25 bits per heavy atom. The zero-order valence-electron chi connectivity index (χ0n) is 10.7. The van der Waals surface area contributed by atoms with Gasteiger partial charge in [-0.25, -0.2) is 0 Å². The summed E-state index contributed by atoms with van der Waals surface area (Å²) >= 11 is 0. The fourth-order valence-electron chi connectivity index (χ4n) is 1.81. The highest BCUT2D eigenvalue weighted by atomic mass is 16.5. The third-order valence-corrected chi connectivity index (χ3v) is 3.16. The van der Waals surface area contributed by atoms with Crippen LogP contribution in [0.15, 0.2) is 12.3 Å². The third-order valence-electron chi connectivity index (χ3n) is 3.16. The lowest BCUT2D eigenvalue weighted by atomic mass is 9.90. The van der Waals surface area contributed by atoms with Crippen LogP contribution in [0, 0.1) is 0 Å². The quantitative estimate of drug-likeness (QED) is 0.798. The number of ether oxygens (including phenoxy) is 1. The highest BCUT2D eigenvalue weighted by Gasteiger charge is 2.30. The highest BCUT2D eigenvalue weighted by molar-refractivity contribution is 5.04. The Balaban J connectivity index is 2.65. The lowest BCUT2D eigenvalue weighted by Crippen LogP contribution is -2.48. The minimum absolute atomic E-state index is 0.0210. The Morgan fingerprint density at radius 3 is 2.69 bits per heavy atom. The molecule has 2 N–H and O–H groups in total. The van der Waals surface area contributed by atoms with E-state index in [1.54, 1.807) is 4.68 Å². The molecule has 0 amide bonds. The van der Waals surface area contributed by atoms with Crippen molar-refractivity contribution in [3.63, 3.8) is 0 Å². The summed E-state index contributed by atoms with van der Waals surface area (Å²) in [5.74, 6) is 0. The monoisotopic (exact) mass is 225 g/mol. The fraction of sp³-hybridized carbons (Fsp3) is 0.750. The minimum atomic E-state index is -0.258. The fourth-order valence-corrected chi connectivity index (χ4v) is 1.81. The molecule has 0 aromatic carbocycles. The lowest BCUT2D eigenvalue weighted by molar-refractivity contribution is -0.0463. The van der Waals surface area contributed by atoms with E-state index in [9.17, 15) is 0 Å². The molecule has 0 aliphatic heterocycles. The molecule has 0 radical (unpaired) electrons. The second kappa shape index (κ2) is 5.46. The van der Waals surface area contributed by atoms with Crippen LogP contribution in [-0.4, -0.2) is 28.0 Å². The third kappa shape index (κ3) is 3.06. The van der Waals surface area contributed by atoms with Gasteiger partial charge in [-0.15, -0.1) is 0 Å². The summed E-state index contributed by atoms with van der Waals surface area (Å²) in [7, 11) is 1.91. The van der Waals surface area contributed by atoms with Crippen molar-refractivity contribution in [1.29, 1.82) is 0 Å². The van der Waals surface area contributed by atoms with Crippen LogP contribution >= 0.6 is 0 Å². The Labute approximate surface area is 97.8 Å². The molecule has 0 saturated carbocycles. The van der Waals surface area contributed by atoms with Crippen molar-refractivity contribution in [2.75, 3.05) is 6.61 Å². The summed E-state index contributed by atoms with van der Waals surface area (Å²) in [6.45, 7) is 6.87. The van der Waals surface area contributed by atoms with Gasteiger partial charge in [0.25, 0.3) is 0 Å². The largest absolute Gasteiger partial charge is 0.374 e. The molecule has 2 unspecified atom stereocenters. The summed E-state index contributed by atoms with van der Waals surface area (Å²) < 4.78 is 7.56. The average Bonchev–Trinajstić information content (AvgIpc) is 2.64. The lowest BCUT2D eigenvalue weighted by Gasteiger charge is -2.34.